The van der Waals surface area contributed by atoms with Crippen molar-refractivity contribution in [2.75, 3.05) is 26.9 Å². The van der Waals surface area contributed by atoms with Gasteiger partial charge in [0.2, 0.25) is 0 Å². The summed E-state index contributed by atoms with van der Waals surface area (Å²) in [6, 6.07) is 8.34. The van der Waals surface area contributed by atoms with Crippen LogP contribution in [0.2, 0.25) is 0 Å². The first-order valence-electron chi connectivity index (χ1n) is 4.63. The molecule has 0 N–H and O–H groups in total. The highest BCUT2D eigenvalue weighted by molar-refractivity contribution is 5.38. The third kappa shape index (κ3) is 3.26. The number of hydrogen-bond acceptors (Lipinski definition) is 3. The molecule has 0 aliphatic rings. The lowest BCUT2D eigenvalue weighted by atomic mass is 10.3. The van der Waals surface area contributed by atoms with Gasteiger partial charge in [0.15, 0.2) is 11.5 Å². The van der Waals surface area contributed by atoms with Gasteiger partial charge in [-0.25, -0.2) is 0 Å². The SMILES string of the molecule is CCOc1c[c]ccc1OCCOC. The van der Waals surface area contributed by atoms with Gasteiger partial charge in [-0.05, 0) is 25.1 Å². The molecule has 0 fully saturated rings. The minimum absolute atomic E-state index is 0.528. The Hall–Kier alpha value is -1.22. The maximum atomic E-state index is 5.46. The summed E-state index contributed by atoms with van der Waals surface area (Å²) in [6.45, 7) is 3.66. The van der Waals surface area contributed by atoms with Crippen LogP contribution in [-0.2, 0) is 4.74 Å². The van der Waals surface area contributed by atoms with E-state index >= 15 is 0 Å². The topological polar surface area (TPSA) is 27.7 Å². The predicted molar refractivity (Wildman–Crippen MR) is 53.8 cm³/mol. The van der Waals surface area contributed by atoms with E-state index in [1.807, 2.05) is 13.0 Å². The highest BCUT2D eigenvalue weighted by Gasteiger charge is 2.02. The largest absolute Gasteiger partial charge is 0.490 e. The zero-order valence-electron chi connectivity index (χ0n) is 8.58. The van der Waals surface area contributed by atoms with Gasteiger partial charge in [0, 0.05) is 7.11 Å². The van der Waals surface area contributed by atoms with Gasteiger partial charge in [0.05, 0.1) is 13.2 Å². The van der Waals surface area contributed by atoms with E-state index in [2.05, 4.69) is 6.07 Å². The van der Waals surface area contributed by atoms with Gasteiger partial charge in [0.25, 0.3) is 0 Å². The summed E-state index contributed by atoms with van der Waals surface area (Å²) in [4.78, 5) is 0. The lowest BCUT2D eigenvalue weighted by Crippen LogP contribution is -2.05. The Kier molecular flexibility index (Phi) is 4.86. The molecule has 1 aromatic carbocycles. The third-order valence-corrected chi connectivity index (χ3v) is 1.63. The fourth-order valence-electron chi connectivity index (χ4n) is 1.02. The Morgan fingerprint density at radius 2 is 2.07 bits per heavy atom. The molecule has 3 heteroatoms. The first-order valence-corrected chi connectivity index (χ1v) is 4.63. The highest BCUT2D eigenvalue weighted by Crippen LogP contribution is 2.25. The van der Waals surface area contributed by atoms with E-state index in [0.29, 0.717) is 19.8 Å². The molecule has 1 aromatic rings. The summed E-state index contributed by atoms with van der Waals surface area (Å²) in [5, 5.41) is 0. The van der Waals surface area contributed by atoms with E-state index in [-0.39, 0.29) is 0 Å². The predicted octanol–water partition coefficient (Wildman–Crippen LogP) is 1.91. The van der Waals surface area contributed by atoms with Crippen LogP contribution in [-0.4, -0.2) is 26.9 Å². The number of methoxy groups -OCH3 is 1. The van der Waals surface area contributed by atoms with Crippen molar-refractivity contribution < 1.29 is 14.2 Å². The Balaban J connectivity index is 2.55. The molecule has 0 saturated carbocycles. The van der Waals surface area contributed by atoms with Crippen molar-refractivity contribution >= 4 is 0 Å². The van der Waals surface area contributed by atoms with Crippen molar-refractivity contribution in [3.63, 3.8) is 0 Å². The molecule has 0 aromatic heterocycles. The molecule has 1 rings (SSSR count). The van der Waals surface area contributed by atoms with Gasteiger partial charge in [-0.3, -0.25) is 0 Å². The highest BCUT2D eigenvalue weighted by atomic mass is 16.5. The molecule has 0 unspecified atom stereocenters. The van der Waals surface area contributed by atoms with Crippen molar-refractivity contribution in [3.05, 3.63) is 24.3 Å². The van der Waals surface area contributed by atoms with Crippen LogP contribution in [0.5, 0.6) is 11.5 Å². The summed E-state index contributed by atoms with van der Waals surface area (Å²) >= 11 is 0. The normalized spacial score (nSPS) is 9.86. The fraction of sp³-hybridized carbons (Fsp3) is 0.455. The second-order valence-electron chi connectivity index (χ2n) is 2.65. The molecule has 1 radical (unpaired) electrons. The molecule has 0 amide bonds. The quantitative estimate of drug-likeness (QED) is 0.649. The van der Waals surface area contributed by atoms with Crippen molar-refractivity contribution in [2.24, 2.45) is 0 Å². The van der Waals surface area contributed by atoms with Gasteiger partial charge in [-0.1, -0.05) is 6.07 Å². The second kappa shape index (κ2) is 6.27. The summed E-state index contributed by atoms with van der Waals surface area (Å²) in [7, 11) is 1.64. The Labute approximate surface area is 84.6 Å². The van der Waals surface area contributed by atoms with E-state index < -0.39 is 0 Å². The van der Waals surface area contributed by atoms with Gasteiger partial charge in [-0.2, -0.15) is 0 Å². The van der Waals surface area contributed by atoms with Gasteiger partial charge >= 0.3 is 0 Å². The van der Waals surface area contributed by atoms with Gasteiger partial charge < -0.3 is 14.2 Å². The van der Waals surface area contributed by atoms with Crippen LogP contribution >= 0.6 is 0 Å². The van der Waals surface area contributed by atoms with Gasteiger partial charge in [0.1, 0.15) is 6.61 Å². The van der Waals surface area contributed by atoms with Crippen molar-refractivity contribution in [1.82, 2.24) is 0 Å². The number of benzene rings is 1. The van der Waals surface area contributed by atoms with Crippen LogP contribution in [0.15, 0.2) is 18.2 Å². The van der Waals surface area contributed by atoms with E-state index in [9.17, 15) is 0 Å². The maximum absolute atomic E-state index is 5.46. The van der Waals surface area contributed by atoms with Gasteiger partial charge in [-0.15, -0.1) is 0 Å². The van der Waals surface area contributed by atoms with Crippen molar-refractivity contribution in [2.45, 2.75) is 6.92 Å². The molecule has 3 nitrogen and oxygen atoms in total. The molecule has 77 valence electrons. The molecule has 0 spiro atoms. The van der Waals surface area contributed by atoms with E-state index in [1.54, 1.807) is 19.2 Å². The van der Waals surface area contributed by atoms with E-state index in [1.165, 1.54) is 0 Å². The fourth-order valence-corrected chi connectivity index (χ4v) is 1.02. The first-order chi connectivity index (χ1) is 6.88. The number of rotatable bonds is 6. The molecule has 14 heavy (non-hydrogen) atoms. The number of hydrogen-bond donors (Lipinski definition) is 0. The van der Waals surface area contributed by atoms with Crippen LogP contribution in [0, 0.1) is 6.07 Å². The van der Waals surface area contributed by atoms with Crippen LogP contribution in [0.25, 0.3) is 0 Å². The molecular formula is C11H15O3. The first kappa shape index (κ1) is 10.9. The zero-order chi connectivity index (χ0) is 10.2. The molecular weight excluding hydrogens is 180 g/mol. The van der Waals surface area contributed by atoms with Crippen LogP contribution in [0.4, 0.5) is 0 Å². The van der Waals surface area contributed by atoms with Crippen LogP contribution < -0.4 is 9.47 Å². The zero-order valence-corrected chi connectivity index (χ0v) is 8.58. The third-order valence-electron chi connectivity index (χ3n) is 1.63. The lowest BCUT2D eigenvalue weighted by molar-refractivity contribution is 0.143. The summed E-state index contributed by atoms with van der Waals surface area (Å²) in [5.41, 5.74) is 0. The van der Waals surface area contributed by atoms with E-state index in [4.69, 9.17) is 14.2 Å². The Morgan fingerprint density at radius 3 is 2.79 bits per heavy atom. The Bertz CT molecular complexity index is 260. The van der Waals surface area contributed by atoms with E-state index in [0.717, 1.165) is 11.5 Å². The molecule has 0 bridgehead atoms. The molecule has 0 saturated heterocycles. The monoisotopic (exact) mass is 195 g/mol. The average molecular weight is 195 g/mol. The Morgan fingerprint density at radius 1 is 1.21 bits per heavy atom. The van der Waals surface area contributed by atoms with Crippen LogP contribution in [0.3, 0.4) is 0 Å². The van der Waals surface area contributed by atoms with Crippen molar-refractivity contribution in [3.8, 4) is 11.5 Å². The molecule has 0 heterocycles. The minimum Gasteiger partial charge on any atom is -0.490 e. The summed E-state index contributed by atoms with van der Waals surface area (Å²) < 4.78 is 15.7. The number of ether oxygens (including phenoxy) is 3. The molecule has 0 atom stereocenters. The second-order valence-corrected chi connectivity index (χ2v) is 2.65. The standard InChI is InChI=1S/C11H15O3/c1-3-13-10-6-4-5-7-11(10)14-9-8-12-2/h5-7H,3,8-9H2,1-2H3. The minimum atomic E-state index is 0.528. The smallest absolute Gasteiger partial charge is 0.161 e. The average Bonchev–Trinajstić information content (AvgIpc) is 2.21. The molecule has 0 aliphatic heterocycles. The molecule has 0 aliphatic carbocycles. The summed E-state index contributed by atoms with van der Waals surface area (Å²) in [5.74, 6) is 1.47. The van der Waals surface area contributed by atoms with Crippen LogP contribution in [0.1, 0.15) is 6.92 Å². The summed E-state index contributed by atoms with van der Waals surface area (Å²) in [6.07, 6.45) is 0. The maximum Gasteiger partial charge on any atom is 0.161 e. The lowest BCUT2D eigenvalue weighted by Gasteiger charge is -2.10. The van der Waals surface area contributed by atoms with Crippen molar-refractivity contribution in [1.29, 1.82) is 0 Å².